The first-order chi connectivity index (χ1) is 20.4. The molecule has 5 heteroatoms. The lowest BCUT2D eigenvalue weighted by atomic mass is 9.47. The van der Waals surface area contributed by atoms with Gasteiger partial charge in [0.1, 0.15) is 6.54 Å². The summed E-state index contributed by atoms with van der Waals surface area (Å²) in [7, 11) is 6.54. The van der Waals surface area contributed by atoms with Crippen LogP contribution in [-0.2, 0) is 18.9 Å². The van der Waals surface area contributed by atoms with Gasteiger partial charge in [-0.15, -0.1) is 0 Å². The van der Waals surface area contributed by atoms with Crippen molar-refractivity contribution >= 4 is 0 Å². The van der Waals surface area contributed by atoms with E-state index in [1.54, 1.807) is 5.57 Å². The molecule has 0 spiro atoms. The molecule has 0 aliphatic heterocycles. The predicted molar refractivity (Wildman–Crippen MR) is 178 cm³/mol. The van der Waals surface area contributed by atoms with Crippen molar-refractivity contribution in [1.29, 1.82) is 0 Å². The van der Waals surface area contributed by atoms with E-state index in [4.69, 9.17) is 18.9 Å². The number of quaternary nitrogens is 1. The van der Waals surface area contributed by atoms with Crippen LogP contribution in [0.5, 0.6) is 0 Å². The molecule has 250 valence electrons. The molecule has 5 nitrogen and oxygen atoms in total. The molecule has 4 aliphatic rings. The Hall–Kier alpha value is -0.460. The molecule has 0 bridgehead atoms. The number of fused-ring (bicyclic) bond motifs is 5. The summed E-state index contributed by atoms with van der Waals surface area (Å²) in [6.07, 6.45) is 18.1. The molecule has 0 aromatic heterocycles. The highest BCUT2D eigenvalue weighted by Crippen LogP contribution is 2.67. The van der Waals surface area contributed by atoms with Crippen molar-refractivity contribution in [2.75, 3.05) is 73.9 Å². The average molecular weight is 605 g/mol. The van der Waals surface area contributed by atoms with Crippen LogP contribution in [0.4, 0.5) is 0 Å². The Balaban J connectivity index is 1.15. The zero-order valence-corrected chi connectivity index (χ0v) is 29.6. The number of hydrogen-bond acceptors (Lipinski definition) is 4. The Morgan fingerprint density at radius 2 is 1.47 bits per heavy atom. The molecule has 0 amide bonds. The van der Waals surface area contributed by atoms with E-state index in [0.29, 0.717) is 56.6 Å². The van der Waals surface area contributed by atoms with Crippen LogP contribution in [0.25, 0.3) is 0 Å². The van der Waals surface area contributed by atoms with Gasteiger partial charge in [0.15, 0.2) is 0 Å². The Labute approximate surface area is 266 Å². The van der Waals surface area contributed by atoms with Gasteiger partial charge in [-0.2, -0.15) is 0 Å². The van der Waals surface area contributed by atoms with Crippen molar-refractivity contribution in [2.24, 2.45) is 46.3 Å². The smallest absolute Gasteiger partial charge is 0.102 e. The minimum absolute atomic E-state index is 0.357. The fraction of sp³-hybridized carbons (Fsp3) is 0.947. The highest BCUT2D eigenvalue weighted by Gasteiger charge is 2.59. The third-order valence-electron chi connectivity index (χ3n) is 12.5. The first-order valence-electron chi connectivity index (χ1n) is 18.3. The first-order valence-corrected chi connectivity index (χ1v) is 18.3. The summed E-state index contributed by atoms with van der Waals surface area (Å²) in [6, 6.07) is 0. The number of allylic oxidation sites excluding steroid dienone is 1. The molecule has 0 unspecified atom stereocenters. The lowest BCUT2D eigenvalue weighted by Crippen LogP contribution is -2.51. The number of rotatable bonds is 18. The molecule has 4 rings (SSSR count). The van der Waals surface area contributed by atoms with Gasteiger partial charge in [0.25, 0.3) is 0 Å². The van der Waals surface area contributed by atoms with E-state index in [1.165, 1.54) is 64.2 Å². The van der Waals surface area contributed by atoms with Crippen LogP contribution < -0.4 is 0 Å². The molecule has 3 saturated carbocycles. The second-order valence-electron chi connectivity index (χ2n) is 16.9. The topological polar surface area (TPSA) is 36.9 Å². The minimum atomic E-state index is 0.357. The molecule has 43 heavy (non-hydrogen) atoms. The summed E-state index contributed by atoms with van der Waals surface area (Å²) in [5.41, 5.74) is 2.70. The Morgan fingerprint density at radius 1 is 0.791 bits per heavy atom. The summed E-state index contributed by atoms with van der Waals surface area (Å²) in [6.45, 7) is 18.4. The predicted octanol–water partition coefficient (Wildman–Crippen LogP) is 8.17. The fourth-order valence-corrected chi connectivity index (χ4v) is 9.95. The van der Waals surface area contributed by atoms with Gasteiger partial charge in [0.05, 0.1) is 73.5 Å². The molecule has 4 aliphatic carbocycles. The van der Waals surface area contributed by atoms with Gasteiger partial charge < -0.3 is 23.4 Å². The highest BCUT2D eigenvalue weighted by molar-refractivity contribution is 5.25. The first kappa shape index (κ1) is 35.4. The molecule has 0 radical (unpaired) electrons. The van der Waals surface area contributed by atoms with E-state index in [9.17, 15) is 0 Å². The van der Waals surface area contributed by atoms with Crippen LogP contribution in [0.3, 0.4) is 0 Å². The quantitative estimate of drug-likeness (QED) is 0.0898. The second-order valence-corrected chi connectivity index (χ2v) is 16.9. The van der Waals surface area contributed by atoms with Gasteiger partial charge in [0.2, 0.25) is 0 Å². The van der Waals surface area contributed by atoms with Gasteiger partial charge >= 0.3 is 0 Å². The number of hydrogen-bond donors (Lipinski definition) is 0. The van der Waals surface area contributed by atoms with E-state index >= 15 is 0 Å². The third kappa shape index (κ3) is 9.31. The normalized spacial score (nSPS) is 34.9. The van der Waals surface area contributed by atoms with E-state index in [2.05, 4.69) is 61.8 Å². The summed E-state index contributed by atoms with van der Waals surface area (Å²) in [5, 5.41) is 0. The van der Waals surface area contributed by atoms with Crippen molar-refractivity contribution in [3.05, 3.63) is 11.6 Å². The Morgan fingerprint density at radius 3 is 2.14 bits per heavy atom. The van der Waals surface area contributed by atoms with Crippen LogP contribution in [-0.4, -0.2) is 84.5 Å². The van der Waals surface area contributed by atoms with Gasteiger partial charge in [-0.05, 0) is 97.7 Å². The highest BCUT2D eigenvalue weighted by atomic mass is 16.6. The molecule has 0 aromatic carbocycles. The van der Waals surface area contributed by atoms with E-state index in [-0.39, 0.29) is 0 Å². The third-order valence-corrected chi connectivity index (χ3v) is 12.5. The molecule has 0 saturated heterocycles. The zero-order valence-electron chi connectivity index (χ0n) is 29.6. The van der Waals surface area contributed by atoms with Crippen LogP contribution >= 0.6 is 0 Å². The molecular formula is C38H70NO4+. The Bertz CT molecular complexity index is 866. The van der Waals surface area contributed by atoms with Gasteiger partial charge in [0, 0.05) is 0 Å². The molecule has 8 atom stereocenters. The van der Waals surface area contributed by atoms with Gasteiger partial charge in [-0.25, -0.2) is 0 Å². The van der Waals surface area contributed by atoms with E-state index in [0.717, 1.165) is 59.6 Å². The van der Waals surface area contributed by atoms with Crippen LogP contribution in [0.15, 0.2) is 11.6 Å². The van der Waals surface area contributed by atoms with E-state index < -0.39 is 0 Å². The van der Waals surface area contributed by atoms with Crippen molar-refractivity contribution in [3.8, 4) is 0 Å². The number of nitrogens with zero attached hydrogens (tertiary/aromatic N) is 1. The maximum absolute atomic E-state index is 6.36. The molecule has 0 aromatic rings. The van der Waals surface area contributed by atoms with Crippen molar-refractivity contribution in [2.45, 2.75) is 111 Å². The van der Waals surface area contributed by atoms with E-state index in [1.807, 2.05) is 0 Å². The minimum Gasteiger partial charge on any atom is -0.377 e. The maximum atomic E-state index is 6.36. The number of ether oxygens (including phenoxy) is 4. The zero-order chi connectivity index (χ0) is 31.1. The fourth-order valence-electron chi connectivity index (χ4n) is 9.95. The summed E-state index contributed by atoms with van der Waals surface area (Å²) in [5.74, 6) is 5.40. The maximum Gasteiger partial charge on any atom is 0.102 e. The molecule has 0 heterocycles. The Kier molecular flexibility index (Phi) is 13.1. The molecule has 0 N–H and O–H groups in total. The second kappa shape index (κ2) is 15.9. The lowest BCUT2D eigenvalue weighted by Gasteiger charge is -2.58. The van der Waals surface area contributed by atoms with Crippen LogP contribution in [0.2, 0.25) is 0 Å². The number of likely N-dealkylation sites (N-methyl/N-ethyl adjacent to an activating group) is 1. The molecule has 3 fully saturated rings. The van der Waals surface area contributed by atoms with Crippen molar-refractivity contribution in [3.63, 3.8) is 0 Å². The SMILES string of the molecule is CC(C)CCC[C@@H](C)[C@H]1CC[C@H]2[C@@H]3CC=C4C[C@@H](OCCOCCOCCOCC[N+](C)(C)C)CC[C@]4(C)[C@H]3CC[C@]12C. The monoisotopic (exact) mass is 605 g/mol. The summed E-state index contributed by atoms with van der Waals surface area (Å²) < 4.78 is 24.4. The van der Waals surface area contributed by atoms with Crippen molar-refractivity contribution < 1.29 is 23.4 Å². The van der Waals surface area contributed by atoms with Crippen LogP contribution in [0, 0.1) is 46.3 Å². The summed E-state index contributed by atoms with van der Waals surface area (Å²) in [4.78, 5) is 0. The van der Waals surface area contributed by atoms with Crippen LogP contribution in [0.1, 0.15) is 105 Å². The van der Waals surface area contributed by atoms with Gasteiger partial charge in [-0.1, -0.05) is 65.5 Å². The summed E-state index contributed by atoms with van der Waals surface area (Å²) >= 11 is 0. The molecular weight excluding hydrogens is 534 g/mol. The lowest BCUT2D eigenvalue weighted by molar-refractivity contribution is -0.870. The largest absolute Gasteiger partial charge is 0.377 e. The van der Waals surface area contributed by atoms with Crippen molar-refractivity contribution in [1.82, 2.24) is 0 Å². The average Bonchev–Trinajstić information content (AvgIpc) is 3.30. The standard InChI is InChI=1S/C38H70NO4/c1-29(2)10-9-11-30(3)34-14-15-35-33-13-12-31-28-32(16-18-37(31,4)36(33)17-19-38(34,35)5)43-27-26-42-25-24-41-23-22-40-21-20-39(6,7)8/h12,29-30,32-36H,9-11,13-28H2,1-8H3/q+1/t30-,32+,33+,34-,35+,36+,37+,38-/m1/s1. The van der Waals surface area contributed by atoms with Gasteiger partial charge in [-0.3, -0.25) is 0 Å².